The largest absolute Gasteiger partial charge is 0.507 e. The summed E-state index contributed by atoms with van der Waals surface area (Å²) >= 11 is 0. The van der Waals surface area contributed by atoms with Crippen LogP contribution in [0.15, 0.2) is 47.7 Å². The zero-order valence-corrected chi connectivity index (χ0v) is 11.5. The molecule has 0 saturated heterocycles. The highest BCUT2D eigenvalue weighted by Crippen LogP contribution is 2.16. The van der Waals surface area contributed by atoms with Gasteiger partial charge in [0.1, 0.15) is 5.75 Å². The highest BCUT2D eigenvalue weighted by molar-refractivity contribution is 6.01. The Kier molecular flexibility index (Phi) is 4.20. The molecule has 0 aliphatic rings. The Hall–Kier alpha value is -2.56. The van der Waals surface area contributed by atoms with Crippen molar-refractivity contribution in [2.75, 3.05) is 0 Å². The predicted molar refractivity (Wildman–Crippen MR) is 77.6 cm³/mol. The Morgan fingerprint density at radius 3 is 2.70 bits per heavy atom. The number of aryl methyl sites for hydroxylation is 1. The number of benzene rings is 1. The lowest BCUT2D eigenvalue weighted by Gasteiger charge is -2.05. The lowest BCUT2D eigenvalue weighted by atomic mass is 10.1. The second-order valence-electron chi connectivity index (χ2n) is 4.54. The van der Waals surface area contributed by atoms with E-state index in [9.17, 15) is 9.90 Å². The number of hydrogen-bond donors (Lipinski definition) is 2. The molecule has 5 heteroatoms. The Bertz CT molecular complexity index is 644. The van der Waals surface area contributed by atoms with Crippen LogP contribution in [0.2, 0.25) is 0 Å². The smallest absolute Gasteiger partial charge is 0.246 e. The molecule has 1 aromatic heterocycles. The van der Waals surface area contributed by atoms with Crippen LogP contribution in [-0.2, 0) is 18.3 Å². The van der Waals surface area contributed by atoms with Crippen LogP contribution < -0.4 is 5.43 Å². The maximum Gasteiger partial charge on any atom is 0.246 e. The maximum absolute atomic E-state index is 11.8. The highest BCUT2D eigenvalue weighted by atomic mass is 16.3. The van der Waals surface area contributed by atoms with Gasteiger partial charge in [0, 0.05) is 24.5 Å². The Morgan fingerprint density at radius 2 is 2.05 bits per heavy atom. The van der Waals surface area contributed by atoms with E-state index in [1.807, 2.05) is 29.9 Å². The number of aromatic nitrogens is 1. The summed E-state index contributed by atoms with van der Waals surface area (Å²) in [5.41, 5.74) is 4.57. The van der Waals surface area contributed by atoms with Gasteiger partial charge in [-0.15, -0.1) is 0 Å². The molecule has 0 atom stereocenters. The van der Waals surface area contributed by atoms with Gasteiger partial charge < -0.3 is 9.67 Å². The summed E-state index contributed by atoms with van der Waals surface area (Å²) < 4.78 is 1.89. The van der Waals surface area contributed by atoms with Gasteiger partial charge in [0.2, 0.25) is 5.91 Å². The third kappa shape index (κ3) is 3.26. The molecule has 2 aromatic rings. The zero-order chi connectivity index (χ0) is 14.5. The van der Waals surface area contributed by atoms with Crippen molar-refractivity contribution in [3.8, 4) is 5.75 Å². The first-order valence-electron chi connectivity index (χ1n) is 6.29. The molecule has 0 aliphatic carbocycles. The highest BCUT2D eigenvalue weighted by Gasteiger charge is 2.07. The summed E-state index contributed by atoms with van der Waals surface area (Å²) in [6.45, 7) is 1.73. The van der Waals surface area contributed by atoms with Crippen LogP contribution in [0.4, 0.5) is 0 Å². The first-order valence-corrected chi connectivity index (χ1v) is 6.29. The van der Waals surface area contributed by atoms with E-state index in [0.29, 0.717) is 11.3 Å². The van der Waals surface area contributed by atoms with Crippen LogP contribution in [0.25, 0.3) is 0 Å². The van der Waals surface area contributed by atoms with Gasteiger partial charge >= 0.3 is 0 Å². The molecule has 0 fully saturated rings. The number of aromatic hydroxyl groups is 1. The first-order chi connectivity index (χ1) is 9.58. The Labute approximate surface area is 117 Å². The van der Waals surface area contributed by atoms with Gasteiger partial charge in [-0.25, -0.2) is 5.43 Å². The van der Waals surface area contributed by atoms with Crippen LogP contribution >= 0.6 is 0 Å². The van der Waals surface area contributed by atoms with Crippen LogP contribution in [0, 0.1) is 0 Å². The monoisotopic (exact) mass is 271 g/mol. The van der Waals surface area contributed by atoms with Crippen molar-refractivity contribution >= 4 is 11.6 Å². The minimum atomic E-state index is -0.193. The lowest BCUT2D eigenvalue weighted by molar-refractivity contribution is -0.120. The molecule has 0 radical (unpaired) electrons. The normalized spacial score (nSPS) is 11.4. The minimum Gasteiger partial charge on any atom is -0.507 e. The van der Waals surface area contributed by atoms with Crippen molar-refractivity contribution in [1.82, 2.24) is 9.99 Å². The van der Waals surface area contributed by atoms with E-state index in [1.54, 1.807) is 31.2 Å². The molecular formula is C15H17N3O2. The van der Waals surface area contributed by atoms with Gasteiger partial charge in [-0.2, -0.15) is 5.10 Å². The molecule has 20 heavy (non-hydrogen) atoms. The van der Waals surface area contributed by atoms with E-state index in [0.717, 1.165) is 5.69 Å². The van der Waals surface area contributed by atoms with Gasteiger partial charge in [-0.3, -0.25) is 4.79 Å². The average Bonchev–Trinajstić information content (AvgIpc) is 2.82. The minimum absolute atomic E-state index is 0.144. The standard InChI is InChI=1S/C15H17N3O2/c1-11(13-7-3-4-8-14(13)19)16-17-15(20)10-12-6-5-9-18(12)2/h3-9,19H,10H2,1-2H3,(H,17,20)/b16-11+. The van der Waals surface area contributed by atoms with Crippen molar-refractivity contribution in [2.45, 2.75) is 13.3 Å². The van der Waals surface area contributed by atoms with Crippen molar-refractivity contribution in [2.24, 2.45) is 12.1 Å². The molecule has 0 saturated carbocycles. The number of hydrazone groups is 1. The van der Waals surface area contributed by atoms with Gasteiger partial charge in [-0.05, 0) is 31.2 Å². The molecular weight excluding hydrogens is 254 g/mol. The summed E-state index contributed by atoms with van der Waals surface area (Å²) in [5.74, 6) is -0.0491. The van der Waals surface area contributed by atoms with E-state index in [1.165, 1.54) is 0 Å². The SMILES string of the molecule is C/C(=N\NC(=O)Cc1cccn1C)c1ccccc1O. The second kappa shape index (κ2) is 6.06. The van der Waals surface area contributed by atoms with Gasteiger partial charge in [0.15, 0.2) is 0 Å². The van der Waals surface area contributed by atoms with Crippen LogP contribution in [-0.4, -0.2) is 21.3 Å². The summed E-state index contributed by atoms with van der Waals surface area (Å²) in [7, 11) is 1.89. The van der Waals surface area contributed by atoms with E-state index in [-0.39, 0.29) is 18.1 Å². The summed E-state index contributed by atoms with van der Waals surface area (Å²) in [5, 5.41) is 13.7. The fraction of sp³-hybridized carbons (Fsp3) is 0.200. The lowest BCUT2D eigenvalue weighted by Crippen LogP contribution is -2.22. The first kappa shape index (κ1) is 13.9. The molecule has 0 aliphatic heterocycles. The van der Waals surface area contributed by atoms with Gasteiger partial charge in [-0.1, -0.05) is 12.1 Å². The van der Waals surface area contributed by atoms with E-state index < -0.39 is 0 Å². The molecule has 2 N–H and O–H groups in total. The topological polar surface area (TPSA) is 66.6 Å². The number of carbonyl (C=O) groups is 1. The molecule has 0 unspecified atom stereocenters. The molecule has 2 rings (SSSR count). The summed E-state index contributed by atoms with van der Waals surface area (Å²) in [4.78, 5) is 11.8. The molecule has 104 valence electrons. The number of rotatable bonds is 4. The van der Waals surface area contributed by atoms with E-state index in [4.69, 9.17) is 0 Å². The van der Waals surface area contributed by atoms with Crippen LogP contribution in [0.1, 0.15) is 18.2 Å². The quantitative estimate of drug-likeness (QED) is 0.658. The molecule has 5 nitrogen and oxygen atoms in total. The van der Waals surface area contributed by atoms with Crippen molar-refractivity contribution in [3.63, 3.8) is 0 Å². The Balaban J connectivity index is 2.00. The average molecular weight is 271 g/mol. The molecule has 1 amide bonds. The van der Waals surface area contributed by atoms with Gasteiger partial charge in [0.05, 0.1) is 12.1 Å². The summed E-state index contributed by atoms with van der Waals surface area (Å²) in [6.07, 6.45) is 2.15. The van der Waals surface area contributed by atoms with E-state index in [2.05, 4.69) is 10.5 Å². The van der Waals surface area contributed by atoms with Crippen molar-refractivity contribution in [3.05, 3.63) is 53.9 Å². The fourth-order valence-corrected chi connectivity index (χ4v) is 1.87. The van der Waals surface area contributed by atoms with Crippen LogP contribution in [0.3, 0.4) is 0 Å². The van der Waals surface area contributed by atoms with Crippen LogP contribution in [0.5, 0.6) is 5.75 Å². The number of nitrogens with one attached hydrogen (secondary N) is 1. The second-order valence-corrected chi connectivity index (χ2v) is 4.54. The number of carbonyl (C=O) groups excluding carboxylic acids is 1. The number of phenolic OH excluding ortho intramolecular Hbond substituents is 1. The zero-order valence-electron chi connectivity index (χ0n) is 11.5. The molecule has 1 aromatic carbocycles. The maximum atomic E-state index is 11.8. The van der Waals surface area contributed by atoms with Crippen molar-refractivity contribution in [1.29, 1.82) is 0 Å². The van der Waals surface area contributed by atoms with E-state index >= 15 is 0 Å². The number of amides is 1. The number of phenols is 1. The molecule has 0 spiro atoms. The van der Waals surface area contributed by atoms with Gasteiger partial charge in [0.25, 0.3) is 0 Å². The third-order valence-electron chi connectivity index (χ3n) is 3.04. The molecule has 0 bridgehead atoms. The van der Waals surface area contributed by atoms with Crippen molar-refractivity contribution < 1.29 is 9.90 Å². The fourth-order valence-electron chi connectivity index (χ4n) is 1.87. The Morgan fingerprint density at radius 1 is 1.30 bits per heavy atom. The third-order valence-corrected chi connectivity index (χ3v) is 3.04. The molecule has 1 heterocycles. The number of para-hydroxylation sites is 1. The predicted octanol–water partition coefficient (Wildman–Crippen LogP) is 1.81. The number of nitrogens with zero attached hydrogens (tertiary/aromatic N) is 2. The summed E-state index contributed by atoms with van der Waals surface area (Å²) in [6, 6.07) is 10.6. The number of hydrogen-bond acceptors (Lipinski definition) is 3.